The van der Waals surface area contributed by atoms with Gasteiger partial charge in [-0.1, -0.05) is 0 Å². The number of nitrogens with two attached hydrogens (primary N) is 1. The van der Waals surface area contributed by atoms with Crippen LogP contribution in [0.15, 0.2) is 46.0 Å². The SMILES string of the molecule is I.NC(=NCC(c1ccco1)N1CCCC1)Nc1cc(F)ccc1F. The molecule has 2 heterocycles. The third-order valence-electron chi connectivity index (χ3n) is 4.08. The number of anilines is 1. The highest BCUT2D eigenvalue weighted by Gasteiger charge is 2.25. The minimum atomic E-state index is -0.586. The van der Waals surface area contributed by atoms with Crippen molar-refractivity contribution >= 4 is 35.6 Å². The Morgan fingerprint density at radius 1 is 1.28 bits per heavy atom. The minimum absolute atomic E-state index is 0. The Labute approximate surface area is 162 Å². The highest BCUT2D eigenvalue weighted by molar-refractivity contribution is 14.0. The fraction of sp³-hybridized carbons (Fsp3) is 0.353. The van der Waals surface area contributed by atoms with Crippen molar-refractivity contribution in [2.75, 3.05) is 25.0 Å². The molecule has 0 saturated carbocycles. The van der Waals surface area contributed by atoms with Crippen molar-refractivity contribution in [3.05, 3.63) is 54.0 Å². The number of aliphatic imine (C=N–C) groups is 1. The highest BCUT2D eigenvalue weighted by atomic mass is 127. The summed E-state index contributed by atoms with van der Waals surface area (Å²) in [5.41, 5.74) is 5.79. The van der Waals surface area contributed by atoms with Gasteiger partial charge in [-0.05, 0) is 50.2 Å². The minimum Gasteiger partial charge on any atom is -0.468 e. The molecule has 1 aromatic carbocycles. The lowest BCUT2D eigenvalue weighted by molar-refractivity contribution is 0.221. The second kappa shape index (κ2) is 9.14. The van der Waals surface area contributed by atoms with Crippen molar-refractivity contribution in [3.8, 4) is 0 Å². The molecule has 136 valence electrons. The zero-order chi connectivity index (χ0) is 16.9. The molecular formula is C17H21F2IN4O. The van der Waals surface area contributed by atoms with Gasteiger partial charge in [0.1, 0.15) is 17.4 Å². The van der Waals surface area contributed by atoms with Crippen molar-refractivity contribution < 1.29 is 13.2 Å². The van der Waals surface area contributed by atoms with Crippen LogP contribution >= 0.6 is 24.0 Å². The number of furan rings is 1. The zero-order valence-electron chi connectivity index (χ0n) is 13.6. The number of benzene rings is 1. The molecule has 0 aliphatic carbocycles. The van der Waals surface area contributed by atoms with Gasteiger partial charge in [0.25, 0.3) is 0 Å². The zero-order valence-corrected chi connectivity index (χ0v) is 16.0. The first kappa shape index (κ1) is 19.6. The number of hydrogen-bond acceptors (Lipinski definition) is 3. The van der Waals surface area contributed by atoms with Gasteiger partial charge in [0.05, 0.1) is 24.5 Å². The predicted octanol–water partition coefficient (Wildman–Crippen LogP) is 3.74. The van der Waals surface area contributed by atoms with Crippen molar-refractivity contribution in [1.82, 2.24) is 4.90 Å². The average Bonchev–Trinajstić information content (AvgIpc) is 3.25. The Kier molecular flexibility index (Phi) is 7.18. The molecule has 1 atom stereocenters. The van der Waals surface area contributed by atoms with Crippen molar-refractivity contribution in [2.45, 2.75) is 18.9 Å². The van der Waals surface area contributed by atoms with Crippen LogP contribution in [0.25, 0.3) is 0 Å². The van der Waals surface area contributed by atoms with Crippen LogP contribution < -0.4 is 11.1 Å². The number of halogens is 3. The molecule has 5 nitrogen and oxygen atoms in total. The van der Waals surface area contributed by atoms with Gasteiger partial charge < -0.3 is 15.5 Å². The number of hydrogen-bond donors (Lipinski definition) is 2. The summed E-state index contributed by atoms with van der Waals surface area (Å²) in [7, 11) is 0. The quantitative estimate of drug-likeness (QED) is 0.404. The summed E-state index contributed by atoms with van der Waals surface area (Å²) in [4.78, 5) is 6.57. The lowest BCUT2D eigenvalue weighted by Crippen LogP contribution is -2.30. The van der Waals surface area contributed by atoms with Crippen molar-refractivity contribution in [3.63, 3.8) is 0 Å². The molecule has 0 spiro atoms. The van der Waals surface area contributed by atoms with Crippen molar-refractivity contribution in [1.29, 1.82) is 0 Å². The molecule has 8 heteroatoms. The second-order valence-electron chi connectivity index (χ2n) is 5.75. The molecule has 1 fully saturated rings. The molecule has 25 heavy (non-hydrogen) atoms. The summed E-state index contributed by atoms with van der Waals surface area (Å²) in [5.74, 6) is -0.269. The Balaban J connectivity index is 0.00000225. The fourth-order valence-corrected chi connectivity index (χ4v) is 2.88. The molecule has 3 rings (SSSR count). The van der Waals surface area contributed by atoms with E-state index in [2.05, 4.69) is 15.2 Å². The van der Waals surface area contributed by atoms with E-state index in [0.29, 0.717) is 6.54 Å². The first-order valence-electron chi connectivity index (χ1n) is 7.93. The molecule has 3 N–H and O–H groups in total. The molecular weight excluding hydrogens is 441 g/mol. The van der Waals surface area contributed by atoms with Crippen molar-refractivity contribution in [2.24, 2.45) is 10.7 Å². The number of likely N-dealkylation sites (tertiary alicyclic amines) is 1. The third kappa shape index (κ3) is 5.15. The number of guanidine groups is 1. The van der Waals surface area contributed by atoms with E-state index >= 15 is 0 Å². The molecule has 1 aromatic heterocycles. The predicted molar refractivity (Wildman–Crippen MR) is 104 cm³/mol. The lowest BCUT2D eigenvalue weighted by Gasteiger charge is -2.24. The van der Waals surface area contributed by atoms with E-state index in [1.165, 1.54) is 0 Å². The van der Waals surface area contributed by atoms with E-state index in [0.717, 1.165) is 49.9 Å². The van der Waals surface area contributed by atoms with E-state index in [1.807, 2.05) is 12.1 Å². The van der Waals surface area contributed by atoms with Crippen LogP contribution in [0.3, 0.4) is 0 Å². The van der Waals surface area contributed by atoms with E-state index in [9.17, 15) is 8.78 Å². The molecule has 1 saturated heterocycles. The van der Waals surface area contributed by atoms with Gasteiger partial charge in [-0.3, -0.25) is 9.89 Å². The van der Waals surface area contributed by atoms with Gasteiger partial charge in [-0.25, -0.2) is 8.78 Å². The smallest absolute Gasteiger partial charge is 0.193 e. The van der Waals surface area contributed by atoms with Gasteiger partial charge in [-0.2, -0.15) is 0 Å². The monoisotopic (exact) mass is 462 g/mol. The molecule has 0 bridgehead atoms. The standard InChI is InChI=1S/C17H20F2N4O.HI/c18-12-5-6-13(19)14(10-12)22-17(20)21-11-15(16-4-3-9-24-16)23-7-1-2-8-23;/h3-6,9-10,15H,1-2,7-8,11H2,(H3,20,21,22);1H. The summed E-state index contributed by atoms with van der Waals surface area (Å²) in [6.07, 6.45) is 3.91. The van der Waals surface area contributed by atoms with E-state index in [-0.39, 0.29) is 41.7 Å². The maximum Gasteiger partial charge on any atom is 0.193 e. The molecule has 2 aromatic rings. The third-order valence-corrected chi connectivity index (χ3v) is 4.08. The van der Waals surface area contributed by atoms with Gasteiger partial charge in [-0.15, -0.1) is 24.0 Å². The maximum atomic E-state index is 13.6. The molecule has 1 unspecified atom stereocenters. The van der Waals surface area contributed by atoms with Crippen LogP contribution in [0.4, 0.5) is 14.5 Å². The average molecular weight is 462 g/mol. The number of rotatable bonds is 5. The largest absolute Gasteiger partial charge is 0.468 e. The van der Waals surface area contributed by atoms with Crippen LogP contribution in [0.2, 0.25) is 0 Å². The lowest BCUT2D eigenvalue weighted by atomic mass is 10.2. The Morgan fingerprint density at radius 3 is 2.72 bits per heavy atom. The number of nitrogens with zero attached hydrogens (tertiary/aromatic N) is 2. The van der Waals surface area contributed by atoms with Crippen LogP contribution in [0.1, 0.15) is 24.6 Å². The van der Waals surface area contributed by atoms with Crippen LogP contribution in [0, 0.1) is 11.6 Å². The Hall–Kier alpha value is -1.68. The summed E-state index contributed by atoms with van der Waals surface area (Å²) >= 11 is 0. The normalized spacial score (nSPS) is 16.5. The van der Waals surface area contributed by atoms with E-state index < -0.39 is 11.6 Å². The first-order chi connectivity index (χ1) is 11.6. The van der Waals surface area contributed by atoms with Crippen LogP contribution in [0.5, 0.6) is 0 Å². The summed E-state index contributed by atoms with van der Waals surface area (Å²) in [6.45, 7) is 2.34. The summed E-state index contributed by atoms with van der Waals surface area (Å²) in [5, 5.41) is 2.61. The Morgan fingerprint density at radius 2 is 2.04 bits per heavy atom. The molecule has 1 aliphatic heterocycles. The first-order valence-corrected chi connectivity index (χ1v) is 7.93. The van der Waals surface area contributed by atoms with E-state index in [1.54, 1.807) is 6.26 Å². The van der Waals surface area contributed by atoms with Gasteiger partial charge in [0, 0.05) is 6.07 Å². The maximum absolute atomic E-state index is 13.6. The molecule has 0 radical (unpaired) electrons. The van der Waals surface area contributed by atoms with Crippen LogP contribution in [-0.4, -0.2) is 30.5 Å². The highest BCUT2D eigenvalue weighted by Crippen LogP contribution is 2.25. The fourth-order valence-electron chi connectivity index (χ4n) is 2.88. The van der Waals surface area contributed by atoms with Crippen LogP contribution in [-0.2, 0) is 0 Å². The molecule has 0 amide bonds. The van der Waals surface area contributed by atoms with Gasteiger partial charge >= 0.3 is 0 Å². The second-order valence-corrected chi connectivity index (χ2v) is 5.75. The summed E-state index contributed by atoms with van der Waals surface area (Å²) in [6, 6.07) is 6.87. The topological polar surface area (TPSA) is 66.8 Å². The summed E-state index contributed by atoms with van der Waals surface area (Å²) < 4.78 is 32.3. The molecule has 1 aliphatic rings. The van der Waals surface area contributed by atoms with Gasteiger partial charge in [0.15, 0.2) is 5.96 Å². The Bertz CT molecular complexity index is 703. The van der Waals surface area contributed by atoms with E-state index in [4.69, 9.17) is 10.2 Å². The van der Waals surface area contributed by atoms with Gasteiger partial charge in [0.2, 0.25) is 0 Å². The number of nitrogens with one attached hydrogen (secondary N) is 1.